The normalized spacial score (nSPS) is 14.2. The van der Waals surface area contributed by atoms with E-state index in [4.69, 9.17) is 5.73 Å². The summed E-state index contributed by atoms with van der Waals surface area (Å²) < 4.78 is 14.4. The highest BCUT2D eigenvalue weighted by Gasteiger charge is 2.27. The second-order valence-electron chi connectivity index (χ2n) is 4.47. The lowest BCUT2D eigenvalue weighted by molar-refractivity contribution is 0.169. The molecule has 2 heteroatoms. The first kappa shape index (κ1) is 12.8. The lowest BCUT2D eigenvalue weighted by atomic mass is 9.91. The van der Waals surface area contributed by atoms with Crippen LogP contribution in [0.1, 0.15) is 18.9 Å². The van der Waals surface area contributed by atoms with Crippen LogP contribution in [0.4, 0.5) is 4.39 Å². The molecule has 0 saturated heterocycles. The van der Waals surface area contributed by atoms with Crippen LogP contribution in [0.25, 0.3) is 11.1 Å². The van der Waals surface area contributed by atoms with Gasteiger partial charge in [0.05, 0.1) is 0 Å². The third-order valence-electron chi connectivity index (χ3n) is 3.39. The van der Waals surface area contributed by atoms with Gasteiger partial charge in [0.15, 0.2) is 0 Å². The quantitative estimate of drug-likeness (QED) is 0.866. The van der Waals surface area contributed by atoms with Gasteiger partial charge in [0.25, 0.3) is 0 Å². The van der Waals surface area contributed by atoms with E-state index in [9.17, 15) is 4.39 Å². The van der Waals surface area contributed by atoms with E-state index < -0.39 is 5.67 Å². The van der Waals surface area contributed by atoms with Crippen LogP contribution in [0, 0.1) is 0 Å². The SMILES string of the molecule is CCC(F)(CN)c1ccc(-c2ccccc2)cc1. The molecule has 0 fully saturated rings. The zero-order chi connectivity index (χ0) is 13.0. The van der Waals surface area contributed by atoms with Gasteiger partial charge in [-0.1, -0.05) is 61.5 Å². The van der Waals surface area contributed by atoms with Crippen LogP contribution in [-0.2, 0) is 5.67 Å². The molecule has 1 atom stereocenters. The first-order valence-electron chi connectivity index (χ1n) is 6.24. The van der Waals surface area contributed by atoms with Crippen LogP contribution in [0.15, 0.2) is 54.6 Å². The maximum absolute atomic E-state index is 14.4. The van der Waals surface area contributed by atoms with Crippen LogP contribution in [0.2, 0.25) is 0 Å². The molecule has 0 bridgehead atoms. The predicted octanol–water partition coefficient (Wildman–Crippen LogP) is 3.89. The molecule has 0 spiro atoms. The Hall–Kier alpha value is -1.67. The Morgan fingerprint density at radius 3 is 2.00 bits per heavy atom. The molecule has 18 heavy (non-hydrogen) atoms. The van der Waals surface area contributed by atoms with Crippen molar-refractivity contribution in [3.05, 3.63) is 60.2 Å². The Kier molecular flexibility index (Phi) is 3.78. The van der Waals surface area contributed by atoms with E-state index in [1.165, 1.54) is 0 Å². The molecule has 1 nitrogen and oxygen atoms in total. The second-order valence-corrected chi connectivity index (χ2v) is 4.47. The molecule has 0 aromatic heterocycles. The Morgan fingerprint density at radius 2 is 1.50 bits per heavy atom. The van der Waals surface area contributed by atoms with Gasteiger partial charge in [0.1, 0.15) is 5.67 Å². The Bertz CT molecular complexity index is 486. The molecule has 0 heterocycles. The summed E-state index contributed by atoms with van der Waals surface area (Å²) in [6.45, 7) is 1.84. The minimum Gasteiger partial charge on any atom is -0.327 e. The fraction of sp³-hybridized carbons (Fsp3) is 0.250. The van der Waals surface area contributed by atoms with Crippen molar-refractivity contribution in [2.24, 2.45) is 5.73 Å². The van der Waals surface area contributed by atoms with Gasteiger partial charge in [0.2, 0.25) is 0 Å². The van der Waals surface area contributed by atoms with E-state index in [2.05, 4.69) is 0 Å². The molecule has 2 aromatic carbocycles. The number of hydrogen-bond acceptors (Lipinski definition) is 1. The second kappa shape index (κ2) is 5.32. The number of halogens is 1. The summed E-state index contributed by atoms with van der Waals surface area (Å²) in [5.41, 5.74) is 7.00. The number of hydrogen-bond donors (Lipinski definition) is 1. The van der Waals surface area contributed by atoms with Crippen molar-refractivity contribution in [1.82, 2.24) is 0 Å². The summed E-state index contributed by atoms with van der Waals surface area (Å²) in [6, 6.07) is 17.6. The smallest absolute Gasteiger partial charge is 0.147 e. The molecular weight excluding hydrogens is 225 g/mol. The summed E-state index contributed by atoms with van der Waals surface area (Å²) in [4.78, 5) is 0. The monoisotopic (exact) mass is 243 g/mol. The van der Waals surface area contributed by atoms with Crippen molar-refractivity contribution < 1.29 is 4.39 Å². The predicted molar refractivity (Wildman–Crippen MR) is 74.0 cm³/mol. The Balaban J connectivity index is 2.31. The highest BCUT2D eigenvalue weighted by Crippen LogP contribution is 2.30. The van der Waals surface area contributed by atoms with Gasteiger partial charge in [-0.25, -0.2) is 4.39 Å². The van der Waals surface area contributed by atoms with Crippen LogP contribution in [0.3, 0.4) is 0 Å². The van der Waals surface area contributed by atoms with Crippen molar-refractivity contribution in [3.8, 4) is 11.1 Å². The molecule has 2 rings (SSSR count). The fourth-order valence-corrected chi connectivity index (χ4v) is 2.06. The van der Waals surface area contributed by atoms with E-state index in [0.29, 0.717) is 12.0 Å². The molecule has 2 N–H and O–H groups in total. The van der Waals surface area contributed by atoms with E-state index in [0.717, 1.165) is 11.1 Å². The molecule has 0 aliphatic heterocycles. The van der Waals surface area contributed by atoms with Gasteiger partial charge in [-0.2, -0.15) is 0 Å². The maximum Gasteiger partial charge on any atom is 0.147 e. The van der Waals surface area contributed by atoms with Crippen LogP contribution >= 0.6 is 0 Å². The third kappa shape index (κ3) is 2.44. The van der Waals surface area contributed by atoms with E-state index in [1.807, 2.05) is 61.5 Å². The van der Waals surface area contributed by atoms with Gasteiger partial charge in [-0.05, 0) is 23.1 Å². The number of alkyl halides is 1. The summed E-state index contributed by atoms with van der Waals surface area (Å²) in [5.74, 6) is 0. The number of rotatable bonds is 4. The molecule has 0 amide bonds. The van der Waals surface area contributed by atoms with Crippen molar-refractivity contribution >= 4 is 0 Å². The van der Waals surface area contributed by atoms with Crippen LogP contribution in [-0.4, -0.2) is 6.54 Å². The molecule has 0 aliphatic rings. The first-order chi connectivity index (χ1) is 8.69. The van der Waals surface area contributed by atoms with Gasteiger partial charge in [-0.15, -0.1) is 0 Å². The van der Waals surface area contributed by atoms with E-state index in [1.54, 1.807) is 0 Å². The van der Waals surface area contributed by atoms with E-state index >= 15 is 0 Å². The van der Waals surface area contributed by atoms with Gasteiger partial charge >= 0.3 is 0 Å². The summed E-state index contributed by atoms with van der Waals surface area (Å²) >= 11 is 0. The molecule has 0 saturated carbocycles. The molecule has 0 radical (unpaired) electrons. The average molecular weight is 243 g/mol. The highest BCUT2D eigenvalue weighted by atomic mass is 19.1. The summed E-state index contributed by atoms with van der Waals surface area (Å²) in [6.07, 6.45) is 0.397. The number of nitrogens with two attached hydrogens (primary N) is 1. The third-order valence-corrected chi connectivity index (χ3v) is 3.39. The molecule has 1 unspecified atom stereocenters. The molecular formula is C16H18FN. The van der Waals surface area contributed by atoms with Crippen molar-refractivity contribution in [2.45, 2.75) is 19.0 Å². The van der Waals surface area contributed by atoms with Crippen LogP contribution < -0.4 is 5.73 Å². The standard InChI is InChI=1S/C16H18FN/c1-2-16(17,12-18)15-10-8-14(9-11-15)13-6-4-3-5-7-13/h3-11H,2,12,18H2,1H3. The zero-order valence-corrected chi connectivity index (χ0v) is 10.6. The molecule has 94 valence electrons. The van der Waals surface area contributed by atoms with Gasteiger partial charge in [-0.3, -0.25) is 0 Å². The minimum atomic E-state index is -1.41. The molecule has 0 aliphatic carbocycles. The lowest BCUT2D eigenvalue weighted by Gasteiger charge is -2.22. The minimum absolute atomic E-state index is 0.0220. The average Bonchev–Trinajstić information content (AvgIpc) is 2.47. The fourth-order valence-electron chi connectivity index (χ4n) is 2.06. The van der Waals surface area contributed by atoms with Gasteiger partial charge in [0, 0.05) is 6.54 Å². The topological polar surface area (TPSA) is 26.0 Å². The highest BCUT2D eigenvalue weighted by molar-refractivity contribution is 5.63. The Morgan fingerprint density at radius 1 is 0.944 bits per heavy atom. The maximum atomic E-state index is 14.4. The summed E-state index contributed by atoms with van der Waals surface area (Å²) in [7, 11) is 0. The largest absolute Gasteiger partial charge is 0.327 e. The summed E-state index contributed by atoms with van der Waals surface area (Å²) in [5, 5.41) is 0. The molecule has 2 aromatic rings. The lowest BCUT2D eigenvalue weighted by Crippen LogP contribution is -2.29. The Labute approximate surface area is 107 Å². The van der Waals surface area contributed by atoms with E-state index in [-0.39, 0.29) is 6.54 Å². The van der Waals surface area contributed by atoms with Crippen molar-refractivity contribution in [2.75, 3.05) is 6.54 Å². The van der Waals surface area contributed by atoms with Crippen LogP contribution in [0.5, 0.6) is 0 Å². The van der Waals surface area contributed by atoms with Crippen molar-refractivity contribution in [3.63, 3.8) is 0 Å². The van der Waals surface area contributed by atoms with Gasteiger partial charge < -0.3 is 5.73 Å². The van der Waals surface area contributed by atoms with Crippen molar-refractivity contribution in [1.29, 1.82) is 0 Å². The number of benzene rings is 2. The zero-order valence-electron chi connectivity index (χ0n) is 10.6. The first-order valence-corrected chi connectivity index (χ1v) is 6.24.